The summed E-state index contributed by atoms with van der Waals surface area (Å²) in [5, 5.41) is 3.40. The molecule has 108 valence electrons. The molecule has 1 unspecified atom stereocenters. The Morgan fingerprint density at radius 2 is 2.00 bits per heavy atom. The molecule has 1 rings (SSSR count). The second kappa shape index (κ2) is 9.82. The summed E-state index contributed by atoms with van der Waals surface area (Å²) in [6.07, 6.45) is 2.29. The molecular weight excluding hydrogens is 238 g/mol. The molecular formula is C16H27NO2. The fraction of sp³-hybridized carbons (Fsp3) is 0.625. The number of nitrogens with one attached hydrogen (secondary N) is 1. The Bertz CT molecular complexity index is 341. The van der Waals surface area contributed by atoms with Gasteiger partial charge in [0.2, 0.25) is 0 Å². The molecule has 3 heteroatoms. The van der Waals surface area contributed by atoms with Crippen LogP contribution < -0.4 is 10.1 Å². The zero-order chi connectivity index (χ0) is 13.9. The SMILES string of the molecule is CCCCOCCOc1cccc(C(C)NCC)c1. The zero-order valence-electron chi connectivity index (χ0n) is 12.4. The van der Waals surface area contributed by atoms with Crippen LogP contribution in [0.2, 0.25) is 0 Å². The van der Waals surface area contributed by atoms with Crippen LogP contribution in [0, 0.1) is 0 Å². The molecule has 0 saturated heterocycles. The maximum atomic E-state index is 5.70. The number of benzene rings is 1. The Kier molecular flexibility index (Phi) is 8.26. The van der Waals surface area contributed by atoms with Crippen LogP contribution in [0.5, 0.6) is 5.75 Å². The lowest BCUT2D eigenvalue weighted by molar-refractivity contribution is 0.0980. The molecule has 1 atom stereocenters. The van der Waals surface area contributed by atoms with E-state index in [0.29, 0.717) is 19.3 Å². The lowest BCUT2D eigenvalue weighted by Gasteiger charge is -2.14. The van der Waals surface area contributed by atoms with Crippen LogP contribution in [-0.2, 0) is 4.74 Å². The van der Waals surface area contributed by atoms with Gasteiger partial charge in [-0.3, -0.25) is 0 Å². The first kappa shape index (κ1) is 16.0. The molecule has 0 saturated carbocycles. The molecule has 0 aliphatic carbocycles. The van der Waals surface area contributed by atoms with Crippen molar-refractivity contribution in [1.82, 2.24) is 5.32 Å². The van der Waals surface area contributed by atoms with E-state index in [1.165, 1.54) is 12.0 Å². The minimum absolute atomic E-state index is 0.356. The normalized spacial score (nSPS) is 12.4. The third-order valence-corrected chi connectivity index (χ3v) is 3.01. The van der Waals surface area contributed by atoms with Crippen LogP contribution in [0.3, 0.4) is 0 Å². The number of ether oxygens (including phenoxy) is 2. The average molecular weight is 265 g/mol. The van der Waals surface area contributed by atoms with Gasteiger partial charge in [-0.1, -0.05) is 32.4 Å². The highest BCUT2D eigenvalue weighted by atomic mass is 16.5. The monoisotopic (exact) mass is 265 g/mol. The summed E-state index contributed by atoms with van der Waals surface area (Å²) in [7, 11) is 0. The maximum Gasteiger partial charge on any atom is 0.119 e. The fourth-order valence-corrected chi connectivity index (χ4v) is 1.86. The number of hydrogen-bond donors (Lipinski definition) is 1. The van der Waals surface area contributed by atoms with E-state index in [-0.39, 0.29) is 0 Å². The highest BCUT2D eigenvalue weighted by molar-refractivity contribution is 5.30. The van der Waals surface area contributed by atoms with Gasteiger partial charge < -0.3 is 14.8 Å². The highest BCUT2D eigenvalue weighted by Gasteiger charge is 2.04. The summed E-state index contributed by atoms with van der Waals surface area (Å²) in [4.78, 5) is 0. The first-order valence-electron chi connectivity index (χ1n) is 7.31. The van der Waals surface area contributed by atoms with Crippen molar-refractivity contribution in [1.29, 1.82) is 0 Å². The Morgan fingerprint density at radius 3 is 2.74 bits per heavy atom. The number of unbranched alkanes of at least 4 members (excludes halogenated alkanes) is 1. The Labute approximate surface area is 117 Å². The molecule has 0 radical (unpaired) electrons. The highest BCUT2D eigenvalue weighted by Crippen LogP contribution is 2.18. The first-order valence-corrected chi connectivity index (χ1v) is 7.31. The van der Waals surface area contributed by atoms with Crippen molar-refractivity contribution >= 4 is 0 Å². The molecule has 1 aromatic carbocycles. The lowest BCUT2D eigenvalue weighted by Crippen LogP contribution is -2.17. The molecule has 1 aromatic rings. The van der Waals surface area contributed by atoms with Gasteiger partial charge in [-0.05, 0) is 37.6 Å². The Hall–Kier alpha value is -1.06. The molecule has 19 heavy (non-hydrogen) atoms. The second-order valence-electron chi connectivity index (χ2n) is 4.67. The van der Waals surface area contributed by atoms with Crippen LogP contribution in [0.15, 0.2) is 24.3 Å². The summed E-state index contributed by atoms with van der Waals surface area (Å²) in [5.41, 5.74) is 1.26. The van der Waals surface area contributed by atoms with Crippen molar-refractivity contribution in [2.45, 2.75) is 39.7 Å². The minimum Gasteiger partial charge on any atom is -0.491 e. The third kappa shape index (κ3) is 6.60. The summed E-state index contributed by atoms with van der Waals surface area (Å²) in [6, 6.07) is 8.61. The first-order chi connectivity index (χ1) is 9.27. The van der Waals surface area contributed by atoms with Crippen LogP contribution in [0.4, 0.5) is 0 Å². The molecule has 0 bridgehead atoms. The molecule has 1 N–H and O–H groups in total. The average Bonchev–Trinajstić information content (AvgIpc) is 2.43. The van der Waals surface area contributed by atoms with E-state index < -0.39 is 0 Å². The number of rotatable bonds is 10. The van der Waals surface area contributed by atoms with E-state index in [4.69, 9.17) is 9.47 Å². The molecule has 0 spiro atoms. The van der Waals surface area contributed by atoms with E-state index in [0.717, 1.165) is 25.3 Å². The molecule has 3 nitrogen and oxygen atoms in total. The molecule has 0 heterocycles. The van der Waals surface area contributed by atoms with Gasteiger partial charge in [-0.15, -0.1) is 0 Å². The van der Waals surface area contributed by atoms with Crippen molar-refractivity contribution < 1.29 is 9.47 Å². The Morgan fingerprint density at radius 1 is 1.16 bits per heavy atom. The van der Waals surface area contributed by atoms with Crippen molar-refractivity contribution in [3.05, 3.63) is 29.8 Å². The standard InChI is InChI=1S/C16H27NO2/c1-4-6-10-18-11-12-19-16-9-7-8-15(13-16)14(3)17-5-2/h7-9,13-14,17H,4-6,10-12H2,1-3H3. The molecule has 0 aromatic heterocycles. The molecule has 0 fully saturated rings. The van der Waals surface area contributed by atoms with Crippen LogP contribution in [0.25, 0.3) is 0 Å². The maximum absolute atomic E-state index is 5.70. The van der Waals surface area contributed by atoms with Gasteiger partial charge in [0.25, 0.3) is 0 Å². The van der Waals surface area contributed by atoms with Gasteiger partial charge in [-0.2, -0.15) is 0 Å². The van der Waals surface area contributed by atoms with Gasteiger partial charge in [0.1, 0.15) is 12.4 Å². The van der Waals surface area contributed by atoms with Crippen LogP contribution in [-0.4, -0.2) is 26.4 Å². The smallest absolute Gasteiger partial charge is 0.119 e. The van der Waals surface area contributed by atoms with E-state index in [1.54, 1.807) is 0 Å². The number of hydrogen-bond acceptors (Lipinski definition) is 3. The summed E-state index contributed by atoms with van der Waals surface area (Å²) < 4.78 is 11.2. The van der Waals surface area contributed by atoms with Crippen molar-refractivity contribution in [2.75, 3.05) is 26.4 Å². The lowest BCUT2D eigenvalue weighted by atomic mass is 10.1. The van der Waals surface area contributed by atoms with Crippen LogP contribution in [0.1, 0.15) is 45.2 Å². The van der Waals surface area contributed by atoms with Gasteiger partial charge in [0, 0.05) is 12.6 Å². The molecule has 0 aliphatic rings. The topological polar surface area (TPSA) is 30.5 Å². The quantitative estimate of drug-likeness (QED) is 0.656. The van der Waals surface area contributed by atoms with E-state index >= 15 is 0 Å². The van der Waals surface area contributed by atoms with Gasteiger partial charge >= 0.3 is 0 Å². The molecule has 0 amide bonds. The van der Waals surface area contributed by atoms with Crippen molar-refractivity contribution in [3.63, 3.8) is 0 Å². The van der Waals surface area contributed by atoms with E-state index in [9.17, 15) is 0 Å². The predicted molar refractivity (Wildman–Crippen MR) is 79.8 cm³/mol. The minimum atomic E-state index is 0.356. The fourth-order valence-electron chi connectivity index (χ4n) is 1.86. The van der Waals surface area contributed by atoms with Gasteiger partial charge in [0.05, 0.1) is 6.61 Å². The van der Waals surface area contributed by atoms with Gasteiger partial charge in [-0.25, -0.2) is 0 Å². The van der Waals surface area contributed by atoms with Crippen molar-refractivity contribution in [3.8, 4) is 5.75 Å². The summed E-state index contributed by atoms with van der Waals surface area (Å²) in [5.74, 6) is 0.918. The summed E-state index contributed by atoms with van der Waals surface area (Å²) >= 11 is 0. The second-order valence-corrected chi connectivity index (χ2v) is 4.67. The van der Waals surface area contributed by atoms with Crippen LogP contribution >= 0.6 is 0 Å². The van der Waals surface area contributed by atoms with E-state index in [1.807, 2.05) is 12.1 Å². The largest absolute Gasteiger partial charge is 0.491 e. The zero-order valence-corrected chi connectivity index (χ0v) is 12.4. The Balaban J connectivity index is 2.31. The molecule has 0 aliphatic heterocycles. The van der Waals surface area contributed by atoms with E-state index in [2.05, 4.69) is 38.2 Å². The summed E-state index contributed by atoms with van der Waals surface area (Å²) in [6.45, 7) is 9.52. The third-order valence-electron chi connectivity index (χ3n) is 3.01. The van der Waals surface area contributed by atoms with Gasteiger partial charge in [0.15, 0.2) is 0 Å². The predicted octanol–water partition coefficient (Wildman–Crippen LogP) is 3.55. The van der Waals surface area contributed by atoms with Crippen molar-refractivity contribution in [2.24, 2.45) is 0 Å².